The molecule has 0 fully saturated rings. The van der Waals surface area contributed by atoms with Crippen molar-refractivity contribution >= 4 is 15.9 Å². The Balaban J connectivity index is 2.10. The molecule has 0 unspecified atom stereocenters. The van der Waals surface area contributed by atoms with Crippen LogP contribution < -0.4 is 0 Å². The normalized spacial score (nSPS) is 10.6. The number of nitrogens with one attached hydrogen (secondary N) is 1. The fraction of sp³-hybridized carbons (Fsp3) is 0. The summed E-state index contributed by atoms with van der Waals surface area (Å²) in [5.41, 5.74) is 1.76. The van der Waals surface area contributed by atoms with Gasteiger partial charge in [-0.3, -0.25) is 0 Å². The molecule has 0 bridgehead atoms. The van der Waals surface area contributed by atoms with Crippen LogP contribution in [0.25, 0.3) is 17.1 Å². The van der Waals surface area contributed by atoms with Crippen LogP contribution in [0, 0.1) is 0 Å². The average Bonchev–Trinajstić information content (AvgIpc) is 2.99. The van der Waals surface area contributed by atoms with E-state index in [1.165, 1.54) is 0 Å². The highest BCUT2D eigenvalue weighted by Crippen LogP contribution is 2.26. The van der Waals surface area contributed by atoms with Crippen molar-refractivity contribution in [2.24, 2.45) is 0 Å². The lowest BCUT2D eigenvalue weighted by Gasteiger charge is -2.02. The quantitative estimate of drug-likeness (QED) is 0.781. The monoisotopic (exact) mass is 290 g/mol. The summed E-state index contributed by atoms with van der Waals surface area (Å²) in [6.45, 7) is 0. The first kappa shape index (κ1) is 10.2. The van der Waals surface area contributed by atoms with Gasteiger partial charge in [0.15, 0.2) is 0 Å². The number of benzene rings is 1. The van der Waals surface area contributed by atoms with Crippen LogP contribution in [0.4, 0.5) is 0 Å². The third kappa shape index (κ3) is 1.74. The molecule has 0 aliphatic carbocycles. The molecule has 2 aromatic heterocycles. The zero-order valence-electron chi connectivity index (χ0n) is 8.58. The Morgan fingerprint density at radius 2 is 2.00 bits per heavy atom. The van der Waals surface area contributed by atoms with E-state index in [1.807, 2.05) is 30.3 Å². The highest BCUT2D eigenvalue weighted by molar-refractivity contribution is 9.10. The molecule has 0 atom stereocenters. The van der Waals surface area contributed by atoms with Gasteiger partial charge >= 0.3 is 0 Å². The average molecular weight is 291 g/mol. The molecule has 84 valence electrons. The number of tetrazole rings is 1. The summed E-state index contributed by atoms with van der Waals surface area (Å²) in [5.74, 6) is 0.513. The first-order valence-corrected chi connectivity index (χ1v) is 5.68. The molecule has 1 aromatic carbocycles. The van der Waals surface area contributed by atoms with Gasteiger partial charge in [0.25, 0.3) is 0 Å². The van der Waals surface area contributed by atoms with E-state index in [1.54, 1.807) is 10.9 Å². The molecule has 6 nitrogen and oxygen atoms in total. The molecule has 0 spiro atoms. The van der Waals surface area contributed by atoms with E-state index in [0.29, 0.717) is 5.82 Å². The van der Waals surface area contributed by atoms with Gasteiger partial charge in [0.1, 0.15) is 4.60 Å². The van der Waals surface area contributed by atoms with E-state index in [9.17, 15) is 0 Å². The Kier molecular flexibility index (Phi) is 2.45. The van der Waals surface area contributed by atoms with Crippen molar-refractivity contribution in [1.29, 1.82) is 0 Å². The third-order valence-corrected chi connectivity index (χ3v) is 3.06. The van der Waals surface area contributed by atoms with Gasteiger partial charge in [-0.25, -0.2) is 4.68 Å². The number of aromatic amines is 1. The largest absolute Gasteiger partial charge is 0.226 e. The first-order valence-electron chi connectivity index (χ1n) is 4.89. The van der Waals surface area contributed by atoms with Crippen LogP contribution in [0.15, 0.2) is 41.1 Å². The Bertz CT molecular complexity index is 616. The Morgan fingerprint density at radius 1 is 1.18 bits per heavy atom. The zero-order chi connectivity index (χ0) is 11.7. The number of para-hydroxylation sites is 1. The predicted molar refractivity (Wildman–Crippen MR) is 64.4 cm³/mol. The smallest absolute Gasteiger partial charge is 0.209 e. The van der Waals surface area contributed by atoms with Crippen LogP contribution in [0.2, 0.25) is 0 Å². The van der Waals surface area contributed by atoms with E-state index >= 15 is 0 Å². The molecule has 0 amide bonds. The zero-order valence-corrected chi connectivity index (χ0v) is 10.2. The topological polar surface area (TPSA) is 72.3 Å². The van der Waals surface area contributed by atoms with Crippen LogP contribution >= 0.6 is 15.9 Å². The minimum absolute atomic E-state index is 0.513. The maximum atomic E-state index is 4.29. The molecule has 0 aliphatic rings. The minimum atomic E-state index is 0.513. The second-order valence-electron chi connectivity index (χ2n) is 3.33. The minimum Gasteiger partial charge on any atom is -0.226 e. The van der Waals surface area contributed by atoms with E-state index in [0.717, 1.165) is 15.9 Å². The third-order valence-electron chi connectivity index (χ3n) is 2.30. The van der Waals surface area contributed by atoms with E-state index < -0.39 is 0 Å². The van der Waals surface area contributed by atoms with Crippen molar-refractivity contribution in [3.8, 4) is 17.1 Å². The molecule has 3 aromatic rings. The fourth-order valence-electron chi connectivity index (χ4n) is 1.51. The van der Waals surface area contributed by atoms with Crippen molar-refractivity contribution in [2.45, 2.75) is 0 Å². The molecule has 0 radical (unpaired) electrons. The van der Waals surface area contributed by atoms with Crippen molar-refractivity contribution in [1.82, 2.24) is 30.4 Å². The van der Waals surface area contributed by atoms with Crippen LogP contribution in [-0.2, 0) is 0 Å². The van der Waals surface area contributed by atoms with Gasteiger partial charge in [0.2, 0.25) is 5.82 Å². The SMILES string of the molecule is Brc1c(-c2nn[nH]n2)cnn1-c1ccccc1. The van der Waals surface area contributed by atoms with Crippen LogP contribution in [0.5, 0.6) is 0 Å². The van der Waals surface area contributed by atoms with Gasteiger partial charge in [0.05, 0.1) is 17.4 Å². The van der Waals surface area contributed by atoms with Gasteiger partial charge in [-0.1, -0.05) is 18.2 Å². The first-order chi connectivity index (χ1) is 8.36. The van der Waals surface area contributed by atoms with E-state index in [4.69, 9.17) is 0 Å². The lowest BCUT2D eigenvalue weighted by Crippen LogP contribution is -1.95. The van der Waals surface area contributed by atoms with Gasteiger partial charge in [0, 0.05) is 0 Å². The van der Waals surface area contributed by atoms with Crippen molar-refractivity contribution in [3.63, 3.8) is 0 Å². The fourth-order valence-corrected chi connectivity index (χ4v) is 2.08. The second kappa shape index (κ2) is 4.10. The van der Waals surface area contributed by atoms with Crippen molar-refractivity contribution in [2.75, 3.05) is 0 Å². The standard InChI is InChI=1S/C10H7BrN6/c11-9-8(10-13-15-16-14-10)6-12-17(9)7-4-2-1-3-5-7/h1-6H,(H,13,14,15,16). The van der Waals surface area contributed by atoms with Crippen LogP contribution in [0.1, 0.15) is 0 Å². The number of rotatable bonds is 2. The lowest BCUT2D eigenvalue weighted by molar-refractivity contribution is 0.861. The van der Waals surface area contributed by atoms with Crippen LogP contribution in [0.3, 0.4) is 0 Å². The summed E-state index contributed by atoms with van der Waals surface area (Å²) in [4.78, 5) is 0. The molecular weight excluding hydrogens is 284 g/mol. The van der Waals surface area contributed by atoms with Crippen molar-refractivity contribution < 1.29 is 0 Å². The van der Waals surface area contributed by atoms with Crippen LogP contribution in [-0.4, -0.2) is 30.4 Å². The summed E-state index contributed by atoms with van der Waals surface area (Å²) in [6, 6.07) is 9.81. The Labute approximate surface area is 105 Å². The Hall–Kier alpha value is -2.02. The maximum Gasteiger partial charge on any atom is 0.209 e. The summed E-state index contributed by atoms with van der Waals surface area (Å²) in [6.07, 6.45) is 1.70. The number of hydrogen-bond acceptors (Lipinski definition) is 4. The summed E-state index contributed by atoms with van der Waals surface area (Å²) >= 11 is 3.49. The lowest BCUT2D eigenvalue weighted by atomic mass is 10.3. The summed E-state index contributed by atoms with van der Waals surface area (Å²) < 4.78 is 2.57. The molecule has 0 saturated carbocycles. The number of aromatic nitrogens is 6. The molecule has 0 saturated heterocycles. The molecule has 7 heteroatoms. The second-order valence-corrected chi connectivity index (χ2v) is 4.08. The Morgan fingerprint density at radius 3 is 2.71 bits per heavy atom. The summed E-state index contributed by atoms with van der Waals surface area (Å²) in [7, 11) is 0. The number of nitrogens with zero attached hydrogens (tertiary/aromatic N) is 5. The summed E-state index contributed by atoms with van der Waals surface area (Å²) in [5, 5.41) is 18.1. The number of halogens is 1. The molecule has 0 aliphatic heterocycles. The van der Waals surface area contributed by atoms with E-state index in [-0.39, 0.29) is 0 Å². The predicted octanol–water partition coefficient (Wildman–Crippen LogP) is 1.81. The molecular formula is C10H7BrN6. The highest BCUT2D eigenvalue weighted by atomic mass is 79.9. The number of H-pyrrole nitrogens is 1. The van der Waals surface area contributed by atoms with Crippen molar-refractivity contribution in [3.05, 3.63) is 41.1 Å². The molecule has 3 rings (SSSR count). The molecule has 2 heterocycles. The number of hydrogen-bond donors (Lipinski definition) is 1. The maximum absolute atomic E-state index is 4.29. The van der Waals surface area contributed by atoms with Gasteiger partial charge < -0.3 is 0 Å². The highest BCUT2D eigenvalue weighted by Gasteiger charge is 2.14. The van der Waals surface area contributed by atoms with Gasteiger partial charge in [-0.2, -0.15) is 10.3 Å². The molecule has 17 heavy (non-hydrogen) atoms. The van der Waals surface area contributed by atoms with Gasteiger partial charge in [-0.15, -0.1) is 10.2 Å². The van der Waals surface area contributed by atoms with E-state index in [2.05, 4.69) is 41.7 Å². The van der Waals surface area contributed by atoms with Gasteiger partial charge in [-0.05, 0) is 33.3 Å². The molecule has 1 N–H and O–H groups in total.